The van der Waals surface area contributed by atoms with E-state index in [1.807, 2.05) is 6.92 Å². The number of hydrogen-bond acceptors (Lipinski definition) is 4. The largest absolute Gasteiger partial charge is 0.397 e. The minimum Gasteiger partial charge on any atom is -0.397 e. The molecule has 0 bridgehead atoms. The van der Waals surface area contributed by atoms with Gasteiger partial charge in [0.1, 0.15) is 15.7 Å². The molecule has 0 spiro atoms. The Morgan fingerprint density at radius 2 is 1.95 bits per heavy atom. The van der Waals surface area contributed by atoms with Crippen LogP contribution in [0.1, 0.15) is 32.6 Å². The Balaban J connectivity index is 2.41. The summed E-state index contributed by atoms with van der Waals surface area (Å²) in [7, 11) is -3.08. The van der Waals surface area contributed by atoms with Crippen molar-refractivity contribution in [1.29, 1.82) is 0 Å². The van der Waals surface area contributed by atoms with E-state index in [-0.39, 0.29) is 35.9 Å². The van der Waals surface area contributed by atoms with Crippen molar-refractivity contribution >= 4 is 27.1 Å². The second-order valence-corrected chi connectivity index (χ2v) is 7.19. The summed E-state index contributed by atoms with van der Waals surface area (Å²) in [6.07, 6.45) is 1.81. The van der Waals surface area contributed by atoms with Gasteiger partial charge < -0.3 is 11.1 Å². The maximum absolute atomic E-state index is 12.9. The maximum atomic E-state index is 12.9. The summed E-state index contributed by atoms with van der Waals surface area (Å²) >= 11 is 0. The number of hydrogen-bond donors (Lipinski definition) is 2. The molecule has 0 unspecified atom stereocenters. The number of nitrogen functional groups attached to an aromatic ring is 1. The van der Waals surface area contributed by atoms with E-state index >= 15 is 0 Å². The molecule has 0 heterocycles. The molecule has 0 radical (unpaired) electrons. The predicted molar refractivity (Wildman–Crippen MR) is 82.2 cm³/mol. The van der Waals surface area contributed by atoms with Gasteiger partial charge in [-0.15, -0.1) is 0 Å². The van der Waals surface area contributed by atoms with Crippen molar-refractivity contribution in [3.8, 4) is 0 Å². The van der Waals surface area contributed by atoms with E-state index in [0.29, 0.717) is 12.1 Å². The topological polar surface area (TPSA) is 89.3 Å². The molecule has 0 saturated carbocycles. The van der Waals surface area contributed by atoms with Crippen LogP contribution in [0.3, 0.4) is 0 Å². The number of anilines is 2. The van der Waals surface area contributed by atoms with Crippen LogP contribution in [0.4, 0.5) is 15.8 Å². The van der Waals surface area contributed by atoms with E-state index in [1.165, 1.54) is 12.1 Å². The fraction of sp³-hybridized carbons (Fsp3) is 0.500. The van der Waals surface area contributed by atoms with Crippen molar-refractivity contribution in [2.45, 2.75) is 32.6 Å². The van der Waals surface area contributed by atoms with Crippen LogP contribution in [0.2, 0.25) is 0 Å². The summed E-state index contributed by atoms with van der Waals surface area (Å²) in [6, 6.07) is 3.69. The summed E-state index contributed by atoms with van der Waals surface area (Å²) in [4.78, 5) is 11.7. The zero-order valence-corrected chi connectivity index (χ0v) is 12.9. The SMILES string of the molecule is CCCCS(=O)(=O)CCCC(=O)Nc1ccc(F)cc1N. The van der Waals surface area contributed by atoms with Gasteiger partial charge in [-0.25, -0.2) is 12.8 Å². The molecular formula is C14H21FN2O3S. The first-order valence-electron chi connectivity index (χ1n) is 6.89. The predicted octanol–water partition coefficient (Wildman–Crippen LogP) is 2.34. The van der Waals surface area contributed by atoms with Gasteiger partial charge in [0.05, 0.1) is 22.9 Å². The zero-order chi connectivity index (χ0) is 15.9. The van der Waals surface area contributed by atoms with E-state index in [2.05, 4.69) is 5.32 Å². The molecule has 5 nitrogen and oxygen atoms in total. The van der Waals surface area contributed by atoms with Gasteiger partial charge in [-0.05, 0) is 31.0 Å². The van der Waals surface area contributed by atoms with Crippen LogP contribution in [-0.2, 0) is 14.6 Å². The monoisotopic (exact) mass is 316 g/mol. The smallest absolute Gasteiger partial charge is 0.224 e. The van der Waals surface area contributed by atoms with E-state index < -0.39 is 15.7 Å². The highest BCUT2D eigenvalue weighted by Gasteiger charge is 2.12. The number of halogens is 1. The summed E-state index contributed by atoms with van der Waals surface area (Å²) in [5.41, 5.74) is 6.04. The van der Waals surface area contributed by atoms with Crippen molar-refractivity contribution in [3.05, 3.63) is 24.0 Å². The standard InChI is InChI=1S/C14H21FN2O3S/c1-2-3-8-21(19,20)9-4-5-14(18)17-13-7-6-11(15)10-12(13)16/h6-7,10H,2-5,8-9,16H2,1H3,(H,17,18). The fourth-order valence-corrected chi connectivity index (χ4v) is 3.30. The zero-order valence-electron chi connectivity index (χ0n) is 12.1. The minimum atomic E-state index is -3.08. The van der Waals surface area contributed by atoms with Crippen molar-refractivity contribution in [1.82, 2.24) is 0 Å². The number of amides is 1. The van der Waals surface area contributed by atoms with Crippen LogP contribution in [0.15, 0.2) is 18.2 Å². The first kappa shape index (κ1) is 17.4. The lowest BCUT2D eigenvalue weighted by Crippen LogP contribution is -2.16. The number of benzene rings is 1. The lowest BCUT2D eigenvalue weighted by Gasteiger charge is -2.08. The Morgan fingerprint density at radius 1 is 1.29 bits per heavy atom. The Labute approximate surface area is 124 Å². The first-order chi connectivity index (χ1) is 9.84. The molecule has 1 rings (SSSR count). The van der Waals surface area contributed by atoms with Gasteiger partial charge in [0, 0.05) is 6.42 Å². The molecule has 0 aliphatic heterocycles. The van der Waals surface area contributed by atoms with Crippen molar-refractivity contribution in [3.63, 3.8) is 0 Å². The number of carbonyl (C=O) groups is 1. The van der Waals surface area contributed by atoms with Gasteiger partial charge in [-0.1, -0.05) is 13.3 Å². The van der Waals surface area contributed by atoms with Crippen molar-refractivity contribution in [2.24, 2.45) is 0 Å². The number of carbonyl (C=O) groups excluding carboxylic acids is 1. The first-order valence-corrected chi connectivity index (χ1v) is 8.71. The van der Waals surface area contributed by atoms with Crippen LogP contribution < -0.4 is 11.1 Å². The summed E-state index contributed by atoms with van der Waals surface area (Å²) in [5.74, 6) is -0.651. The quantitative estimate of drug-likeness (QED) is 0.720. The summed E-state index contributed by atoms with van der Waals surface area (Å²) < 4.78 is 36.1. The van der Waals surface area contributed by atoms with Crippen LogP contribution in [-0.4, -0.2) is 25.8 Å². The van der Waals surface area contributed by atoms with Crippen molar-refractivity contribution < 1.29 is 17.6 Å². The maximum Gasteiger partial charge on any atom is 0.224 e. The Bertz CT molecular complexity index is 588. The number of nitrogens with one attached hydrogen (secondary N) is 1. The number of unbranched alkanes of at least 4 members (excludes halogenated alkanes) is 1. The van der Waals surface area contributed by atoms with E-state index in [0.717, 1.165) is 12.5 Å². The lowest BCUT2D eigenvalue weighted by molar-refractivity contribution is -0.116. The third-order valence-corrected chi connectivity index (χ3v) is 4.78. The van der Waals surface area contributed by atoms with Crippen molar-refractivity contribution in [2.75, 3.05) is 22.6 Å². The molecule has 0 aromatic heterocycles. The Morgan fingerprint density at radius 3 is 2.57 bits per heavy atom. The molecule has 3 N–H and O–H groups in total. The van der Waals surface area contributed by atoms with Gasteiger partial charge in [-0.2, -0.15) is 0 Å². The average Bonchev–Trinajstić information content (AvgIpc) is 2.39. The molecule has 7 heteroatoms. The normalized spacial score (nSPS) is 11.3. The van der Waals surface area contributed by atoms with E-state index in [1.54, 1.807) is 0 Å². The van der Waals surface area contributed by atoms with Gasteiger partial charge in [0.2, 0.25) is 5.91 Å². The van der Waals surface area contributed by atoms with Crippen LogP contribution in [0.5, 0.6) is 0 Å². The summed E-state index contributed by atoms with van der Waals surface area (Å²) in [6.45, 7) is 1.93. The van der Waals surface area contributed by atoms with Gasteiger partial charge in [0.25, 0.3) is 0 Å². The molecule has 1 aromatic carbocycles. The second-order valence-electron chi connectivity index (χ2n) is 4.89. The van der Waals surface area contributed by atoms with Crippen LogP contribution in [0, 0.1) is 5.82 Å². The average molecular weight is 316 g/mol. The third kappa shape index (κ3) is 6.57. The lowest BCUT2D eigenvalue weighted by atomic mass is 10.2. The fourth-order valence-electron chi connectivity index (χ4n) is 1.78. The molecular weight excluding hydrogens is 295 g/mol. The van der Waals surface area contributed by atoms with Crippen LogP contribution in [0.25, 0.3) is 0 Å². The van der Waals surface area contributed by atoms with E-state index in [4.69, 9.17) is 5.73 Å². The molecule has 0 fully saturated rings. The Kier molecular flexibility index (Phi) is 6.61. The third-order valence-electron chi connectivity index (χ3n) is 2.96. The molecule has 0 aliphatic rings. The number of rotatable bonds is 8. The second kappa shape index (κ2) is 7.97. The molecule has 0 saturated heterocycles. The van der Waals surface area contributed by atoms with Crippen LogP contribution >= 0.6 is 0 Å². The summed E-state index contributed by atoms with van der Waals surface area (Å²) in [5, 5.41) is 2.54. The number of sulfone groups is 1. The van der Waals surface area contributed by atoms with Gasteiger partial charge >= 0.3 is 0 Å². The molecule has 1 amide bonds. The van der Waals surface area contributed by atoms with Gasteiger partial charge in [-0.3, -0.25) is 4.79 Å². The molecule has 118 valence electrons. The highest BCUT2D eigenvalue weighted by Crippen LogP contribution is 2.19. The van der Waals surface area contributed by atoms with Gasteiger partial charge in [0.15, 0.2) is 0 Å². The highest BCUT2D eigenvalue weighted by atomic mass is 32.2. The molecule has 21 heavy (non-hydrogen) atoms. The Hall–Kier alpha value is -1.63. The molecule has 0 aliphatic carbocycles. The number of nitrogens with two attached hydrogens (primary N) is 1. The minimum absolute atomic E-state index is 0.000675. The molecule has 1 aromatic rings. The molecule has 0 atom stereocenters. The highest BCUT2D eigenvalue weighted by molar-refractivity contribution is 7.91. The van der Waals surface area contributed by atoms with E-state index in [9.17, 15) is 17.6 Å².